The van der Waals surface area contributed by atoms with Crippen LogP contribution in [0, 0.1) is 5.82 Å². The van der Waals surface area contributed by atoms with Gasteiger partial charge in [-0.15, -0.1) is 6.58 Å². The Morgan fingerprint density at radius 2 is 2.04 bits per heavy atom. The highest BCUT2D eigenvalue weighted by atomic mass is 19.1. The molecule has 3 rings (SSSR count). The van der Waals surface area contributed by atoms with E-state index in [0.29, 0.717) is 24.5 Å². The summed E-state index contributed by atoms with van der Waals surface area (Å²) >= 11 is 0. The van der Waals surface area contributed by atoms with Gasteiger partial charge in [0, 0.05) is 36.3 Å². The average molecular weight is 369 g/mol. The highest BCUT2D eigenvalue weighted by molar-refractivity contribution is 5.95. The Bertz CT molecular complexity index is 776. The molecule has 1 saturated heterocycles. The summed E-state index contributed by atoms with van der Waals surface area (Å²) in [6, 6.07) is 6.91. The molecular weight excluding hydrogens is 341 g/mol. The Morgan fingerprint density at radius 1 is 1.33 bits per heavy atom. The molecular formula is C22H28FN3O. The van der Waals surface area contributed by atoms with Crippen molar-refractivity contribution in [2.45, 2.75) is 38.0 Å². The van der Waals surface area contributed by atoms with E-state index in [1.165, 1.54) is 6.07 Å². The van der Waals surface area contributed by atoms with E-state index < -0.39 is 0 Å². The predicted molar refractivity (Wildman–Crippen MR) is 106 cm³/mol. The van der Waals surface area contributed by atoms with Gasteiger partial charge >= 0.3 is 0 Å². The number of piperidine rings is 1. The van der Waals surface area contributed by atoms with Crippen molar-refractivity contribution >= 4 is 5.91 Å². The number of hydrogen-bond acceptors (Lipinski definition) is 3. The van der Waals surface area contributed by atoms with Crippen molar-refractivity contribution in [2.24, 2.45) is 0 Å². The molecule has 2 aliphatic rings. The normalized spacial score (nSPS) is 19.3. The van der Waals surface area contributed by atoms with Gasteiger partial charge in [0.25, 0.3) is 5.91 Å². The van der Waals surface area contributed by atoms with Crippen LogP contribution in [0.3, 0.4) is 0 Å². The summed E-state index contributed by atoms with van der Waals surface area (Å²) in [6.45, 7) is 12.3. The SMILES string of the molecule is C=CC1(c2ccccc2F)CCN(C(=C)NC(=O)C2=C(C)NCCC2)CC1. The second kappa shape index (κ2) is 7.99. The van der Waals surface area contributed by atoms with E-state index >= 15 is 0 Å². The molecule has 144 valence electrons. The minimum Gasteiger partial charge on any atom is -0.388 e. The van der Waals surface area contributed by atoms with Crippen LogP contribution in [0.5, 0.6) is 0 Å². The van der Waals surface area contributed by atoms with Crippen LogP contribution in [0.15, 0.2) is 60.6 Å². The largest absolute Gasteiger partial charge is 0.388 e. The number of amides is 1. The van der Waals surface area contributed by atoms with Crippen LogP contribution in [0.1, 0.15) is 38.2 Å². The summed E-state index contributed by atoms with van der Waals surface area (Å²) in [6.07, 6.45) is 5.07. The lowest BCUT2D eigenvalue weighted by atomic mass is 9.72. The van der Waals surface area contributed by atoms with E-state index in [4.69, 9.17) is 0 Å². The molecule has 0 atom stereocenters. The lowest BCUT2D eigenvalue weighted by Crippen LogP contribution is -2.45. The van der Waals surface area contributed by atoms with Crippen LogP contribution in [0.2, 0.25) is 0 Å². The Morgan fingerprint density at radius 3 is 2.67 bits per heavy atom. The predicted octanol–water partition coefficient (Wildman–Crippen LogP) is 3.59. The number of allylic oxidation sites excluding steroid dienone is 2. The minimum atomic E-state index is -0.376. The van der Waals surface area contributed by atoms with Crippen molar-refractivity contribution in [2.75, 3.05) is 19.6 Å². The number of rotatable bonds is 5. The number of halogens is 1. The monoisotopic (exact) mass is 369 g/mol. The number of hydrogen-bond donors (Lipinski definition) is 2. The molecule has 5 heteroatoms. The van der Waals surface area contributed by atoms with Gasteiger partial charge in [0.1, 0.15) is 11.6 Å². The van der Waals surface area contributed by atoms with Crippen LogP contribution >= 0.6 is 0 Å². The van der Waals surface area contributed by atoms with Crippen LogP contribution in [0.25, 0.3) is 0 Å². The first-order valence-corrected chi connectivity index (χ1v) is 9.54. The second-order valence-electron chi connectivity index (χ2n) is 7.36. The highest BCUT2D eigenvalue weighted by Gasteiger charge is 2.36. The number of carbonyl (C=O) groups excluding carboxylic acids is 1. The van der Waals surface area contributed by atoms with Gasteiger partial charge in [-0.25, -0.2) is 4.39 Å². The number of benzene rings is 1. The highest BCUT2D eigenvalue weighted by Crippen LogP contribution is 2.38. The molecule has 0 spiro atoms. The van der Waals surface area contributed by atoms with E-state index in [1.54, 1.807) is 6.07 Å². The van der Waals surface area contributed by atoms with Gasteiger partial charge in [-0.1, -0.05) is 30.9 Å². The maximum absolute atomic E-state index is 14.3. The maximum Gasteiger partial charge on any atom is 0.254 e. The Kier molecular flexibility index (Phi) is 5.68. The molecule has 0 bridgehead atoms. The van der Waals surface area contributed by atoms with Gasteiger partial charge < -0.3 is 15.5 Å². The van der Waals surface area contributed by atoms with E-state index in [-0.39, 0.29) is 17.1 Å². The zero-order valence-electron chi connectivity index (χ0n) is 16.0. The summed E-state index contributed by atoms with van der Waals surface area (Å²) in [7, 11) is 0. The molecule has 0 radical (unpaired) electrons. The minimum absolute atomic E-state index is 0.0839. The second-order valence-corrected chi connectivity index (χ2v) is 7.36. The zero-order chi connectivity index (χ0) is 19.4. The molecule has 1 aromatic carbocycles. The topological polar surface area (TPSA) is 44.4 Å². The molecule has 0 unspecified atom stereocenters. The van der Waals surface area contributed by atoms with Gasteiger partial charge in [-0.05, 0) is 44.2 Å². The molecule has 2 aliphatic heterocycles. The third-order valence-corrected chi connectivity index (χ3v) is 5.82. The molecule has 1 amide bonds. The number of likely N-dealkylation sites (tertiary alicyclic amines) is 1. The van der Waals surface area contributed by atoms with Crippen LogP contribution < -0.4 is 10.6 Å². The van der Waals surface area contributed by atoms with Gasteiger partial charge in [-0.3, -0.25) is 4.79 Å². The summed E-state index contributed by atoms with van der Waals surface area (Å²) < 4.78 is 14.3. The van der Waals surface area contributed by atoms with Crippen molar-refractivity contribution in [3.63, 3.8) is 0 Å². The van der Waals surface area contributed by atoms with Gasteiger partial charge in [0.05, 0.1) is 0 Å². The number of nitrogens with one attached hydrogen (secondary N) is 2. The van der Waals surface area contributed by atoms with Gasteiger partial charge in [-0.2, -0.15) is 0 Å². The summed E-state index contributed by atoms with van der Waals surface area (Å²) in [5.41, 5.74) is 2.06. The fourth-order valence-corrected chi connectivity index (χ4v) is 4.03. The Balaban J connectivity index is 1.64. The van der Waals surface area contributed by atoms with Crippen molar-refractivity contribution in [1.29, 1.82) is 0 Å². The average Bonchev–Trinajstić information content (AvgIpc) is 2.68. The van der Waals surface area contributed by atoms with Gasteiger partial charge in [0.15, 0.2) is 0 Å². The van der Waals surface area contributed by atoms with E-state index in [1.807, 2.05) is 25.1 Å². The third kappa shape index (κ3) is 3.92. The summed E-state index contributed by atoms with van der Waals surface area (Å²) in [5.74, 6) is 0.335. The molecule has 27 heavy (non-hydrogen) atoms. The van der Waals surface area contributed by atoms with E-state index in [0.717, 1.165) is 43.5 Å². The zero-order valence-corrected chi connectivity index (χ0v) is 16.0. The molecule has 1 fully saturated rings. The molecule has 0 aliphatic carbocycles. The van der Waals surface area contributed by atoms with Gasteiger partial charge in [0.2, 0.25) is 0 Å². The van der Waals surface area contributed by atoms with Crippen molar-refractivity contribution in [3.05, 3.63) is 72.0 Å². The molecule has 1 aromatic rings. The standard InChI is InChI=1S/C22H28FN3O/c1-4-22(19-9-5-6-10-20(19)23)11-14-26(15-12-22)17(3)25-21(27)18-8-7-13-24-16(18)2/h4-6,9-10,24H,1,3,7-8,11-15H2,2H3,(H,25,27). The Hall–Kier alpha value is -2.56. The smallest absolute Gasteiger partial charge is 0.254 e. The summed E-state index contributed by atoms with van der Waals surface area (Å²) in [4.78, 5) is 14.6. The van der Waals surface area contributed by atoms with E-state index in [9.17, 15) is 9.18 Å². The number of nitrogens with zero attached hydrogens (tertiary/aromatic N) is 1. The summed E-state index contributed by atoms with van der Waals surface area (Å²) in [5, 5.41) is 6.18. The molecule has 0 aromatic heterocycles. The first kappa shape index (κ1) is 19.2. The van der Waals surface area contributed by atoms with Crippen LogP contribution in [-0.2, 0) is 10.2 Å². The molecule has 0 saturated carbocycles. The quantitative estimate of drug-likeness (QED) is 0.780. The Labute approximate surface area is 160 Å². The fraction of sp³-hybridized carbons (Fsp3) is 0.409. The van der Waals surface area contributed by atoms with Crippen molar-refractivity contribution in [1.82, 2.24) is 15.5 Å². The fourth-order valence-electron chi connectivity index (χ4n) is 4.03. The van der Waals surface area contributed by atoms with Crippen molar-refractivity contribution in [3.8, 4) is 0 Å². The number of carbonyl (C=O) groups is 1. The third-order valence-electron chi connectivity index (χ3n) is 5.82. The first-order chi connectivity index (χ1) is 13.0. The molecule has 2 heterocycles. The maximum atomic E-state index is 14.3. The lowest BCUT2D eigenvalue weighted by molar-refractivity contribution is -0.117. The lowest BCUT2D eigenvalue weighted by Gasteiger charge is -2.42. The van der Waals surface area contributed by atoms with Crippen molar-refractivity contribution < 1.29 is 9.18 Å². The van der Waals surface area contributed by atoms with Crippen LogP contribution in [0.4, 0.5) is 4.39 Å². The first-order valence-electron chi connectivity index (χ1n) is 9.54. The van der Waals surface area contributed by atoms with E-state index in [2.05, 4.69) is 28.7 Å². The van der Waals surface area contributed by atoms with Crippen LogP contribution in [-0.4, -0.2) is 30.4 Å². The molecule has 2 N–H and O–H groups in total. The molecule has 4 nitrogen and oxygen atoms in total.